The first kappa shape index (κ1) is 24.7. The number of aromatic nitrogens is 2. The highest BCUT2D eigenvalue weighted by molar-refractivity contribution is 6.30. The lowest BCUT2D eigenvalue weighted by Gasteiger charge is -2.16. The van der Waals surface area contributed by atoms with Gasteiger partial charge in [0.2, 0.25) is 11.8 Å². The van der Waals surface area contributed by atoms with E-state index in [1.165, 1.54) is 0 Å². The van der Waals surface area contributed by atoms with Gasteiger partial charge in [0.05, 0.1) is 23.4 Å². The zero-order valence-corrected chi connectivity index (χ0v) is 19.4. The summed E-state index contributed by atoms with van der Waals surface area (Å²) in [6, 6.07) is 15.5. The third-order valence-corrected chi connectivity index (χ3v) is 5.78. The number of halogens is 4. The van der Waals surface area contributed by atoms with Crippen LogP contribution in [0, 0.1) is 5.92 Å². The van der Waals surface area contributed by atoms with Crippen LogP contribution in [0.1, 0.15) is 25.0 Å². The molecule has 1 aliphatic rings. The van der Waals surface area contributed by atoms with Crippen molar-refractivity contribution in [1.29, 1.82) is 0 Å². The van der Waals surface area contributed by atoms with E-state index in [-0.39, 0.29) is 30.6 Å². The minimum atomic E-state index is -4.42. The van der Waals surface area contributed by atoms with Gasteiger partial charge in [0, 0.05) is 29.6 Å². The number of amides is 2. The number of rotatable bonds is 7. The number of hydrogen-bond acceptors (Lipinski definition) is 4. The highest BCUT2D eigenvalue weighted by Crippen LogP contribution is 2.30. The van der Waals surface area contributed by atoms with E-state index >= 15 is 0 Å². The average molecular weight is 507 g/mol. The van der Waals surface area contributed by atoms with E-state index in [1.54, 1.807) is 66.2 Å². The molecule has 2 N–H and O–H groups in total. The molecular weight excluding hydrogens is 485 g/mol. The number of hydrogen-bond donors (Lipinski definition) is 2. The lowest BCUT2D eigenvalue weighted by atomic mass is 10.0. The van der Waals surface area contributed by atoms with Gasteiger partial charge < -0.3 is 15.4 Å². The molecule has 2 aromatic carbocycles. The largest absolute Gasteiger partial charge is 0.411 e. The van der Waals surface area contributed by atoms with Gasteiger partial charge in [0.25, 0.3) is 0 Å². The molecular formula is C24H22ClF3N4O3. The summed E-state index contributed by atoms with van der Waals surface area (Å²) in [5.74, 6) is -0.748. The van der Waals surface area contributed by atoms with Gasteiger partial charge in [-0.15, -0.1) is 5.10 Å². The Morgan fingerprint density at radius 2 is 2.00 bits per heavy atom. The number of carbonyl (C=O) groups excluding carboxylic acids is 2. The quantitative estimate of drug-likeness (QED) is 0.477. The van der Waals surface area contributed by atoms with Crippen LogP contribution in [0.2, 0.25) is 5.02 Å². The maximum Gasteiger partial charge on any atom is 0.411 e. The Bertz CT molecular complexity index is 1230. The molecule has 1 aromatic heterocycles. The van der Waals surface area contributed by atoms with Crippen molar-refractivity contribution in [2.45, 2.75) is 25.6 Å². The van der Waals surface area contributed by atoms with Crippen LogP contribution in [0.4, 0.5) is 19.0 Å². The molecule has 2 amide bonds. The summed E-state index contributed by atoms with van der Waals surface area (Å²) in [6.45, 7) is 0.451. The van der Waals surface area contributed by atoms with Gasteiger partial charge in [0.1, 0.15) is 6.61 Å². The molecule has 1 saturated heterocycles. The van der Waals surface area contributed by atoms with Gasteiger partial charge in [-0.3, -0.25) is 9.59 Å². The first-order valence-electron chi connectivity index (χ1n) is 10.8. The molecule has 35 heavy (non-hydrogen) atoms. The SMILES string of the molecule is C[C@@H](OCC(F)(F)F)c1cccc(-c2cc(NC(=O)[C@@H]3CNC(=O)C3)nn2-c2ccc(Cl)cc2)c1. The summed E-state index contributed by atoms with van der Waals surface area (Å²) in [5, 5.41) is 10.4. The number of nitrogens with one attached hydrogen (secondary N) is 2. The van der Waals surface area contributed by atoms with Crippen molar-refractivity contribution >= 4 is 29.2 Å². The fourth-order valence-electron chi connectivity index (χ4n) is 3.71. The molecule has 4 rings (SSSR count). The van der Waals surface area contributed by atoms with E-state index in [4.69, 9.17) is 16.3 Å². The van der Waals surface area contributed by atoms with E-state index in [1.807, 2.05) is 0 Å². The molecule has 1 fully saturated rings. The van der Waals surface area contributed by atoms with Crippen LogP contribution >= 0.6 is 11.6 Å². The van der Waals surface area contributed by atoms with Crippen molar-refractivity contribution in [3.63, 3.8) is 0 Å². The Morgan fingerprint density at radius 3 is 2.66 bits per heavy atom. The summed E-state index contributed by atoms with van der Waals surface area (Å²) in [5.41, 5.74) is 2.46. The van der Waals surface area contributed by atoms with Crippen molar-refractivity contribution in [2.75, 3.05) is 18.5 Å². The highest BCUT2D eigenvalue weighted by atomic mass is 35.5. The maximum atomic E-state index is 12.6. The summed E-state index contributed by atoms with van der Waals surface area (Å²) in [6.07, 6.45) is -5.12. The van der Waals surface area contributed by atoms with Crippen molar-refractivity contribution in [1.82, 2.24) is 15.1 Å². The predicted molar refractivity (Wildman–Crippen MR) is 124 cm³/mol. The minimum Gasteiger partial charge on any atom is -0.364 e. The topological polar surface area (TPSA) is 85.2 Å². The van der Waals surface area contributed by atoms with Crippen LogP contribution in [0.15, 0.2) is 54.6 Å². The lowest BCUT2D eigenvalue weighted by Crippen LogP contribution is -2.24. The Kier molecular flexibility index (Phi) is 7.13. The number of benzene rings is 2. The van der Waals surface area contributed by atoms with Crippen molar-refractivity contribution in [3.8, 4) is 16.9 Å². The number of nitrogens with zero attached hydrogens (tertiary/aromatic N) is 2. The summed E-state index contributed by atoms with van der Waals surface area (Å²) in [4.78, 5) is 24.1. The van der Waals surface area contributed by atoms with Crippen molar-refractivity contribution in [3.05, 3.63) is 65.2 Å². The van der Waals surface area contributed by atoms with Gasteiger partial charge in [-0.1, -0.05) is 29.8 Å². The smallest absolute Gasteiger partial charge is 0.364 e. The summed E-state index contributed by atoms with van der Waals surface area (Å²) < 4.78 is 44.3. The van der Waals surface area contributed by atoms with Crippen LogP contribution in [0.5, 0.6) is 0 Å². The number of anilines is 1. The molecule has 1 aliphatic heterocycles. The first-order valence-corrected chi connectivity index (χ1v) is 11.2. The molecule has 0 bridgehead atoms. The molecule has 3 aromatic rings. The third kappa shape index (κ3) is 6.20. The molecule has 0 saturated carbocycles. The molecule has 2 atom stereocenters. The molecule has 11 heteroatoms. The van der Waals surface area contributed by atoms with Gasteiger partial charge in [-0.25, -0.2) is 4.68 Å². The molecule has 7 nitrogen and oxygen atoms in total. The Hall–Kier alpha value is -3.37. The molecule has 0 aliphatic carbocycles. The van der Waals surface area contributed by atoms with Gasteiger partial charge in [0.15, 0.2) is 5.82 Å². The standard InChI is InChI=1S/C24H22ClF3N4O3/c1-14(35-13-24(26,27)28)15-3-2-4-16(9-15)20-11-21(30-23(34)17-10-22(33)29-12-17)31-32(20)19-7-5-18(25)6-8-19/h2-9,11,14,17H,10,12-13H2,1H3,(H,29,33)(H,30,31,34)/t14-,17+/m1/s1. The van der Waals surface area contributed by atoms with E-state index in [0.717, 1.165) is 0 Å². The van der Waals surface area contributed by atoms with Crippen LogP contribution < -0.4 is 10.6 Å². The Morgan fingerprint density at radius 1 is 1.26 bits per heavy atom. The van der Waals surface area contributed by atoms with Crippen LogP contribution in [0.25, 0.3) is 16.9 Å². The maximum absolute atomic E-state index is 12.6. The predicted octanol–water partition coefficient (Wildman–Crippen LogP) is 4.91. The number of carbonyl (C=O) groups is 2. The average Bonchev–Trinajstić information content (AvgIpc) is 3.44. The third-order valence-electron chi connectivity index (χ3n) is 5.53. The van der Waals surface area contributed by atoms with Crippen LogP contribution in [0.3, 0.4) is 0 Å². The van der Waals surface area contributed by atoms with Crippen molar-refractivity contribution < 1.29 is 27.5 Å². The van der Waals surface area contributed by atoms with Gasteiger partial charge in [-0.2, -0.15) is 13.2 Å². The first-order chi connectivity index (χ1) is 16.6. The van der Waals surface area contributed by atoms with E-state index in [9.17, 15) is 22.8 Å². The number of ether oxygens (including phenoxy) is 1. The fourth-order valence-corrected chi connectivity index (χ4v) is 3.84. The van der Waals surface area contributed by atoms with Gasteiger partial charge in [-0.05, 0) is 42.8 Å². The zero-order chi connectivity index (χ0) is 25.2. The molecule has 0 spiro atoms. The second-order valence-corrected chi connectivity index (χ2v) is 8.63. The fraction of sp³-hybridized carbons (Fsp3) is 0.292. The molecule has 0 unspecified atom stereocenters. The summed E-state index contributed by atoms with van der Waals surface area (Å²) >= 11 is 6.02. The monoisotopic (exact) mass is 506 g/mol. The second-order valence-electron chi connectivity index (χ2n) is 8.19. The Labute approximate surface area is 204 Å². The summed E-state index contributed by atoms with van der Waals surface area (Å²) in [7, 11) is 0. The molecule has 0 radical (unpaired) electrons. The molecule has 184 valence electrons. The highest BCUT2D eigenvalue weighted by Gasteiger charge is 2.30. The van der Waals surface area contributed by atoms with E-state index in [0.29, 0.717) is 27.5 Å². The van der Waals surface area contributed by atoms with Crippen LogP contribution in [-0.2, 0) is 14.3 Å². The van der Waals surface area contributed by atoms with Crippen LogP contribution in [-0.4, -0.2) is 40.9 Å². The molecule has 2 heterocycles. The van der Waals surface area contributed by atoms with E-state index < -0.39 is 24.8 Å². The number of alkyl halides is 3. The Balaban J connectivity index is 1.65. The van der Waals surface area contributed by atoms with Gasteiger partial charge >= 0.3 is 6.18 Å². The second kappa shape index (κ2) is 10.1. The lowest BCUT2D eigenvalue weighted by molar-refractivity contribution is -0.184. The van der Waals surface area contributed by atoms with Crippen molar-refractivity contribution in [2.24, 2.45) is 5.92 Å². The van der Waals surface area contributed by atoms with E-state index in [2.05, 4.69) is 15.7 Å². The minimum absolute atomic E-state index is 0.106. The zero-order valence-electron chi connectivity index (χ0n) is 18.6. The normalized spacial score (nSPS) is 16.7.